The van der Waals surface area contributed by atoms with Crippen LogP contribution >= 0.6 is 11.6 Å². The van der Waals surface area contributed by atoms with Gasteiger partial charge in [0.25, 0.3) is 0 Å². The molecular formula is C9H17ClN2. The summed E-state index contributed by atoms with van der Waals surface area (Å²) in [7, 11) is 2.00. The molecule has 0 aliphatic heterocycles. The maximum Gasteiger partial charge on any atom is 0.133 e. The largest absolute Gasteiger partial charge is 0.299 e. The Bertz CT molecular complexity index is 172. The van der Waals surface area contributed by atoms with Gasteiger partial charge in [-0.2, -0.15) is 5.26 Å². The molecule has 0 aromatic rings. The molecule has 0 heterocycles. The highest BCUT2D eigenvalue weighted by Gasteiger charge is 2.22. The van der Waals surface area contributed by atoms with Gasteiger partial charge in [-0.25, -0.2) is 0 Å². The van der Waals surface area contributed by atoms with Crippen molar-refractivity contribution in [2.45, 2.75) is 38.1 Å². The SMILES string of the molecule is CCC(C)(C)N(C)CC(Cl)C#N. The predicted molar refractivity (Wildman–Crippen MR) is 52.3 cm³/mol. The Hall–Kier alpha value is -0.260. The van der Waals surface area contributed by atoms with Crippen molar-refractivity contribution in [3.8, 4) is 6.07 Å². The standard InChI is InChI=1S/C9H17ClN2/c1-5-9(2,3)12(4)7-8(10)6-11/h8H,5,7H2,1-4H3. The van der Waals surface area contributed by atoms with Crippen LogP contribution in [0.4, 0.5) is 0 Å². The van der Waals surface area contributed by atoms with Crippen LogP contribution in [0, 0.1) is 11.3 Å². The Morgan fingerprint density at radius 1 is 1.58 bits per heavy atom. The van der Waals surface area contributed by atoms with Crippen LogP contribution in [0.5, 0.6) is 0 Å². The lowest BCUT2D eigenvalue weighted by molar-refractivity contribution is 0.155. The molecule has 0 bridgehead atoms. The van der Waals surface area contributed by atoms with E-state index >= 15 is 0 Å². The summed E-state index contributed by atoms with van der Waals surface area (Å²) in [6.07, 6.45) is 1.05. The molecule has 0 N–H and O–H groups in total. The van der Waals surface area contributed by atoms with Gasteiger partial charge in [-0.3, -0.25) is 4.90 Å². The van der Waals surface area contributed by atoms with E-state index in [0.29, 0.717) is 6.54 Å². The van der Waals surface area contributed by atoms with Gasteiger partial charge in [0.1, 0.15) is 5.38 Å². The number of hydrogen-bond acceptors (Lipinski definition) is 2. The Balaban J connectivity index is 4.04. The molecule has 0 aliphatic carbocycles. The minimum Gasteiger partial charge on any atom is -0.299 e. The summed E-state index contributed by atoms with van der Waals surface area (Å²) in [4.78, 5) is 2.12. The van der Waals surface area contributed by atoms with Gasteiger partial charge >= 0.3 is 0 Å². The molecule has 0 fully saturated rings. The van der Waals surface area contributed by atoms with E-state index in [2.05, 4.69) is 25.7 Å². The van der Waals surface area contributed by atoms with Crippen molar-refractivity contribution in [2.75, 3.05) is 13.6 Å². The highest BCUT2D eigenvalue weighted by molar-refractivity contribution is 6.22. The number of hydrogen-bond donors (Lipinski definition) is 0. The summed E-state index contributed by atoms with van der Waals surface area (Å²) >= 11 is 5.72. The number of halogens is 1. The van der Waals surface area contributed by atoms with E-state index in [1.807, 2.05) is 13.1 Å². The summed E-state index contributed by atoms with van der Waals surface area (Å²) in [5, 5.41) is 8.11. The molecule has 1 atom stereocenters. The van der Waals surface area contributed by atoms with Gasteiger partial charge in [0.2, 0.25) is 0 Å². The number of nitrogens with zero attached hydrogens (tertiary/aromatic N) is 2. The highest BCUT2D eigenvalue weighted by atomic mass is 35.5. The molecule has 0 amide bonds. The van der Waals surface area contributed by atoms with E-state index in [0.717, 1.165) is 6.42 Å². The lowest BCUT2D eigenvalue weighted by Crippen LogP contribution is -2.43. The average molecular weight is 189 g/mol. The first-order valence-corrected chi connectivity index (χ1v) is 4.62. The van der Waals surface area contributed by atoms with Crippen molar-refractivity contribution in [1.82, 2.24) is 4.90 Å². The summed E-state index contributed by atoms with van der Waals surface area (Å²) < 4.78 is 0. The van der Waals surface area contributed by atoms with Crippen LogP contribution in [-0.4, -0.2) is 29.4 Å². The van der Waals surface area contributed by atoms with Gasteiger partial charge in [-0.1, -0.05) is 6.92 Å². The van der Waals surface area contributed by atoms with Crippen LogP contribution < -0.4 is 0 Å². The van der Waals surface area contributed by atoms with Gasteiger partial charge in [0, 0.05) is 12.1 Å². The first kappa shape index (κ1) is 11.7. The molecule has 0 rings (SSSR count). The zero-order valence-corrected chi connectivity index (χ0v) is 9.02. The molecule has 0 saturated carbocycles. The van der Waals surface area contributed by atoms with E-state index in [1.165, 1.54) is 0 Å². The number of nitriles is 1. The van der Waals surface area contributed by atoms with E-state index < -0.39 is 5.38 Å². The fourth-order valence-corrected chi connectivity index (χ4v) is 1.01. The monoisotopic (exact) mass is 188 g/mol. The van der Waals surface area contributed by atoms with Crippen LogP contribution in [-0.2, 0) is 0 Å². The van der Waals surface area contributed by atoms with Gasteiger partial charge in [-0.15, -0.1) is 11.6 Å². The normalized spacial score (nSPS) is 14.4. The van der Waals surface area contributed by atoms with E-state index in [4.69, 9.17) is 16.9 Å². The first-order chi connectivity index (χ1) is 5.44. The third kappa shape index (κ3) is 3.42. The Morgan fingerprint density at radius 2 is 2.08 bits per heavy atom. The lowest BCUT2D eigenvalue weighted by atomic mass is 10.00. The Labute approximate surface area is 80.1 Å². The smallest absolute Gasteiger partial charge is 0.133 e. The minimum absolute atomic E-state index is 0.129. The molecule has 70 valence electrons. The summed E-state index contributed by atoms with van der Waals surface area (Å²) in [5.74, 6) is 0. The molecule has 2 nitrogen and oxygen atoms in total. The van der Waals surface area contributed by atoms with E-state index in [-0.39, 0.29) is 5.54 Å². The number of rotatable bonds is 4. The summed E-state index contributed by atoms with van der Waals surface area (Å²) in [5.41, 5.74) is 0.129. The average Bonchev–Trinajstić information content (AvgIpc) is 2.04. The third-order valence-electron chi connectivity index (χ3n) is 2.47. The molecule has 0 aliphatic rings. The van der Waals surface area contributed by atoms with Crippen molar-refractivity contribution in [1.29, 1.82) is 5.26 Å². The molecule has 0 aromatic heterocycles. The molecule has 0 spiro atoms. The van der Waals surface area contributed by atoms with Crippen LogP contribution in [0.3, 0.4) is 0 Å². The molecule has 0 radical (unpaired) electrons. The van der Waals surface area contributed by atoms with Crippen molar-refractivity contribution in [3.63, 3.8) is 0 Å². The molecular weight excluding hydrogens is 172 g/mol. The van der Waals surface area contributed by atoms with Gasteiger partial charge in [0.05, 0.1) is 6.07 Å². The fraction of sp³-hybridized carbons (Fsp3) is 0.889. The van der Waals surface area contributed by atoms with Crippen LogP contribution in [0.1, 0.15) is 27.2 Å². The molecule has 3 heteroatoms. The quantitative estimate of drug-likeness (QED) is 0.633. The van der Waals surface area contributed by atoms with Crippen LogP contribution in [0.25, 0.3) is 0 Å². The third-order valence-corrected chi connectivity index (χ3v) is 2.71. The van der Waals surface area contributed by atoms with Crippen molar-refractivity contribution < 1.29 is 0 Å². The Kier molecular flexibility index (Phi) is 4.59. The topological polar surface area (TPSA) is 27.0 Å². The molecule has 1 unspecified atom stereocenters. The fourth-order valence-electron chi connectivity index (χ4n) is 0.798. The zero-order valence-electron chi connectivity index (χ0n) is 8.26. The van der Waals surface area contributed by atoms with Crippen molar-refractivity contribution in [2.24, 2.45) is 0 Å². The summed E-state index contributed by atoms with van der Waals surface area (Å²) in [6, 6.07) is 2.02. The zero-order chi connectivity index (χ0) is 9.78. The van der Waals surface area contributed by atoms with Crippen LogP contribution in [0.2, 0.25) is 0 Å². The maximum absolute atomic E-state index is 8.51. The maximum atomic E-state index is 8.51. The predicted octanol–water partition coefficient (Wildman–Crippen LogP) is 2.24. The molecule has 0 aromatic carbocycles. The van der Waals surface area contributed by atoms with Gasteiger partial charge < -0.3 is 0 Å². The summed E-state index contributed by atoms with van der Waals surface area (Å²) in [6.45, 7) is 7.05. The molecule has 0 saturated heterocycles. The second kappa shape index (κ2) is 4.69. The first-order valence-electron chi connectivity index (χ1n) is 4.19. The van der Waals surface area contributed by atoms with Crippen LogP contribution in [0.15, 0.2) is 0 Å². The lowest BCUT2D eigenvalue weighted by Gasteiger charge is -2.34. The highest BCUT2D eigenvalue weighted by Crippen LogP contribution is 2.17. The second-order valence-corrected chi connectivity index (χ2v) is 4.17. The molecule has 12 heavy (non-hydrogen) atoms. The second-order valence-electron chi connectivity index (χ2n) is 3.64. The van der Waals surface area contributed by atoms with Crippen molar-refractivity contribution in [3.05, 3.63) is 0 Å². The van der Waals surface area contributed by atoms with Crippen molar-refractivity contribution >= 4 is 11.6 Å². The van der Waals surface area contributed by atoms with Gasteiger partial charge in [-0.05, 0) is 27.3 Å². The van der Waals surface area contributed by atoms with E-state index in [9.17, 15) is 0 Å². The number of alkyl halides is 1. The van der Waals surface area contributed by atoms with E-state index in [1.54, 1.807) is 0 Å². The van der Waals surface area contributed by atoms with Gasteiger partial charge in [0.15, 0.2) is 0 Å². The minimum atomic E-state index is -0.402. The Morgan fingerprint density at radius 3 is 2.42 bits per heavy atom.